The number of carbonyl (C=O) groups is 1. The van der Waals surface area contributed by atoms with Gasteiger partial charge in [-0.25, -0.2) is 4.98 Å². The van der Waals surface area contributed by atoms with Crippen LogP contribution in [0.3, 0.4) is 0 Å². The van der Waals surface area contributed by atoms with Crippen molar-refractivity contribution >= 4 is 5.91 Å². The number of oxazole rings is 1. The Labute approximate surface area is 106 Å². The van der Waals surface area contributed by atoms with Crippen LogP contribution in [0.5, 0.6) is 0 Å². The zero-order valence-corrected chi connectivity index (χ0v) is 10.3. The maximum atomic E-state index is 11.7. The van der Waals surface area contributed by atoms with Crippen molar-refractivity contribution in [3.05, 3.63) is 53.7 Å². The largest absolute Gasteiger partial charge is 0.451 e. The molecule has 0 aliphatic heterocycles. The molecule has 0 unspecified atom stereocenters. The van der Waals surface area contributed by atoms with E-state index in [1.165, 1.54) is 12.0 Å². The van der Waals surface area contributed by atoms with Crippen LogP contribution in [0.4, 0.5) is 0 Å². The van der Waals surface area contributed by atoms with Gasteiger partial charge in [-0.05, 0) is 12.5 Å². The van der Waals surface area contributed by atoms with E-state index in [2.05, 4.69) is 10.3 Å². The number of carbonyl (C=O) groups excluding carboxylic acids is 1. The van der Waals surface area contributed by atoms with Crippen molar-refractivity contribution in [2.24, 2.45) is 0 Å². The number of rotatable bonds is 5. The smallest absolute Gasteiger partial charge is 0.224 e. The Bertz CT molecular complexity index is 506. The predicted octanol–water partition coefficient (Wildman–Crippen LogP) is 1.88. The minimum absolute atomic E-state index is 0.0316. The number of hydrogen-bond donors (Lipinski definition) is 1. The first kappa shape index (κ1) is 12.4. The molecule has 0 bridgehead atoms. The topological polar surface area (TPSA) is 55.1 Å². The number of nitrogens with one attached hydrogen (secondary N) is 1. The zero-order valence-electron chi connectivity index (χ0n) is 10.3. The van der Waals surface area contributed by atoms with Gasteiger partial charge in [-0.3, -0.25) is 4.79 Å². The molecule has 4 heteroatoms. The van der Waals surface area contributed by atoms with Gasteiger partial charge in [-0.1, -0.05) is 29.8 Å². The fourth-order valence-electron chi connectivity index (χ4n) is 1.76. The molecule has 1 N–H and O–H groups in total. The summed E-state index contributed by atoms with van der Waals surface area (Å²) in [6.07, 6.45) is 4.09. The number of hydrogen-bond acceptors (Lipinski definition) is 3. The molecule has 0 radical (unpaired) electrons. The molecule has 1 heterocycles. The molecular weight excluding hydrogens is 228 g/mol. The van der Waals surface area contributed by atoms with E-state index < -0.39 is 0 Å². The number of aromatic nitrogens is 1. The number of nitrogens with zero attached hydrogens (tertiary/aromatic N) is 1. The molecular formula is C14H16N2O2. The molecule has 94 valence electrons. The molecule has 18 heavy (non-hydrogen) atoms. The van der Waals surface area contributed by atoms with Crippen LogP contribution in [0.1, 0.15) is 16.8 Å². The summed E-state index contributed by atoms with van der Waals surface area (Å²) < 4.78 is 4.86. The van der Waals surface area contributed by atoms with E-state index in [1.54, 1.807) is 6.26 Å². The number of amides is 1. The summed E-state index contributed by atoms with van der Waals surface area (Å²) in [5, 5.41) is 2.87. The van der Waals surface area contributed by atoms with Gasteiger partial charge in [-0.15, -0.1) is 0 Å². The Morgan fingerprint density at radius 2 is 2.33 bits per heavy atom. The van der Waals surface area contributed by atoms with Crippen LogP contribution in [-0.2, 0) is 17.6 Å². The molecule has 0 spiro atoms. The zero-order chi connectivity index (χ0) is 12.8. The summed E-state index contributed by atoms with van der Waals surface area (Å²) in [6.45, 7) is 2.60. The first-order chi connectivity index (χ1) is 8.74. The number of benzene rings is 1. The van der Waals surface area contributed by atoms with Crippen LogP contribution in [0.2, 0.25) is 0 Å². The lowest BCUT2D eigenvalue weighted by Gasteiger charge is -2.04. The molecule has 2 rings (SSSR count). The van der Waals surface area contributed by atoms with Crippen molar-refractivity contribution in [2.45, 2.75) is 19.8 Å². The first-order valence-electron chi connectivity index (χ1n) is 5.93. The lowest BCUT2D eigenvalue weighted by molar-refractivity contribution is -0.120. The van der Waals surface area contributed by atoms with E-state index >= 15 is 0 Å². The lowest BCUT2D eigenvalue weighted by Crippen LogP contribution is -2.27. The minimum Gasteiger partial charge on any atom is -0.451 e. The van der Waals surface area contributed by atoms with E-state index in [0.29, 0.717) is 19.4 Å². The van der Waals surface area contributed by atoms with Gasteiger partial charge >= 0.3 is 0 Å². The van der Waals surface area contributed by atoms with Gasteiger partial charge in [0.15, 0.2) is 6.39 Å². The standard InChI is InChI=1S/C14H16N2O2/c1-11-3-2-4-12(7-11)8-14(17)15-6-5-13-9-18-10-16-13/h2-4,7,9-10H,5-6,8H2,1H3,(H,15,17). The average Bonchev–Trinajstić information content (AvgIpc) is 2.82. The Balaban J connectivity index is 1.75. The highest BCUT2D eigenvalue weighted by Crippen LogP contribution is 2.04. The van der Waals surface area contributed by atoms with Crippen molar-refractivity contribution in [2.75, 3.05) is 6.54 Å². The van der Waals surface area contributed by atoms with Crippen LogP contribution < -0.4 is 5.32 Å². The van der Waals surface area contributed by atoms with Crippen LogP contribution in [0.25, 0.3) is 0 Å². The molecule has 0 saturated heterocycles. The Morgan fingerprint density at radius 3 is 3.06 bits per heavy atom. The van der Waals surface area contributed by atoms with Gasteiger partial charge in [0.05, 0.1) is 12.1 Å². The first-order valence-corrected chi connectivity index (χ1v) is 5.93. The van der Waals surface area contributed by atoms with Crippen molar-refractivity contribution in [3.8, 4) is 0 Å². The van der Waals surface area contributed by atoms with E-state index in [9.17, 15) is 4.79 Å². The van der Waals surface area contributed by atoms with Gasteiger partial charge < -0.3 is 9.73 Å². The van der Waals surface area contributed by atoms with Crippen molar-refractivity contribution < 1.29 is 9.21 Å². The van der Waals surface area contributed by atoms with Gasteiger partial charge in [0.25, 0.3) is 0 Å². The third kappa shape index (κ3) is 3.73. The molecule has 1 amide bonds. The normalized spacial score (nSPS) is 10.3. The third-order valence-electron chi connectivity index (χ3n) is 2.63. The van der Waals surface area contributed by atoms with Gasteiger partial charge in [-0.2, -0.15) is 0 Å². The van der Waals surface area contributed by atoms with Crippen LogP contribution in [0, 0.1) is 6.92 Å². The van der Waals surface area contributed by atoms with E-state index in [4.69, 9.17) is 4.42 Å². The van der Waals surface area contributed by atoms with Gasteiger partial charge in [0, 0.05) is 13.0 Å². The highest BCUT2D eigenvalue weighted by molar-refractivity contribution is 5.78. The molecule has 0 saturated carbocycles. The summed E-state index contributed by atoms with van der Waals surface area (Å²) >= 11 is 0. The minimum atomic E-state index is 0.0316. The fraction of sp³-hybridized carbons (Fsp3) is 0.286. The summed E-state index contributed by atoms with van der Waals surface area (Å²) in [6, 6.07) is 7.97. The number of aryl methyl sites for hydroxylation is 1. The highest BCUT2D eigenvalue weighted by atomic mass is 16.3. The molecule has 1 aromatic carbocycles. The molecule has 0 aliphatic rings. The SMILES string of the molecule is Cc1cccc(CC(=O)NCCc2cocn2)c1. The van der Waals surface area contributed by atoms with E-state index in [1.807, 2.05) is 31.2 Å². The highest BCUT2D eigenvalue weighted by Gasteiger charge is 2.03. The molecule has 0 aliphatic carbocycles. The fourth-order valence-corrected chi connectivity index (χ4v) is 1.76. The van der Waals surface area contributed by atoms with Crippen molar-refractivity contribution in [1.29, 1.82) is 0 Å². The molecule has 1 aromatic heterocycles. The Kier molecular flexibility index (Phi) is 4.12. The van der Waals surface area contributed by atoms with Crippen LogP contribution in [0.15, 0.2) is 41.3 Å². The summed E-state index contributed by atoms with van der Waals surface area (Å²) in [5.74, 6) is 0.0316. The molecule has 0 atom stereocenters. The third-order valence-corrected chi connectivity index (χ3v) is 2.63. The molecule has 4 nitrogen and oxygen atoms in total. The van der Waals surface area contributed by atoms with E-state index in [-0.39, 0.29) is 5.91 Å². The summed E-state index contributed by atoms with van der Waals surface area (Å²) in [4.78, 5) is 15.7. The van der Waals surface area contributed by atoms with Gasteiger partial charge in [0.1, 0.15) is 6.26 Å². The van der Waals surface area contributed by atoms with Crippen LogP contribution in [-0.4, -0.2) is 17.4 Å². The Morgan fingerprint density at radius 1 is 1.44 bits per heavy atom. The maximum absolute atomic E-state index is 11.7. The quantitative estimate of drug-likeness (QED) is 0.873. The van der Waals surface area contributed by atoms with Crippen molar-refractivity contribution in [3.63, 3.8) is 0 Å². The predicted molar refractivity (Wildman–Crippen MR) is 68.1 cm³/mol. The summed E-state index contributed by atoms with van der Waals surface area (Å²) in [5.41, 5.74) is 3.06. The second kappa shape index (κ2) is 6.00. The van der Waals surface area contributed by atoms with Gasteiger partial charge in [0.2, 0.25) is 5.91 Å². The second-order valence-corrected chi connectivity index (χ2v) is 4.25. The monoisotopic (exact) mass is 244 g/mol. The second-order valence-electron chi connectivity index (χ2n) is 4.25. The maximum Gasteiger partial charge on any atom is 0.224 e. The molecule has 0 fully saturated rings. The Hall–Kier alpha value is -2.10. The molecule has 2 aromatic rings. The lowest BCUT2D eigenvalue weighted by atomic mass is 10.1. The van der Waals surface area contributed by atoms with Crippen molar-refractivity contribution in [1.82, 2.24) is 10.3 Å². The summed E-state index contributed by atoms with van der Waals surface area (Å²) in [7, 11) is 0. The van der Waals surface area contributed by atoms with Crippen LogP contribution >= 0.6 is 0 Å². The average molecular weight is 244 g/mol. The van der Waals surface area contributed by atoms with E-state index in [0.717, 1.165) is 11.3 Å².